The second-order valence-corrected chi connectivity index (χ2v) is 5.15. The molecule has 1 aromatic heterocycles. The van der Waals surface area contributed by atoms with Crippen LogP contribution in [0, 0.1) is 0 Å². The Morgan fingerprint density at radius 1 is 1.50 bits per heavy atom. The number of nitrogens with zero attached hydrogens (tertiary/aromatic N) is 3. The van der Waals surface area contributed by atoms with Gasteiger partial charge in [0, 0.05) is 19.3 Å². The van der Waals surface area contributed by atoms with Gasteiger partial charge < -0.3 is 16.0 Å². The van der Waals surface area contributed by atoms with Crippen molar-refractivity contribution in [3.63, 3.8) is 0 Å². The first-order chi connectivity index (χ1) is 9.47. The Kier molecular flexibility index (Phi) is 6.51. The largest absolute Gasteiger partial charge is 0.396 e. The van der Waals surface area contributed by atoms with Crippen molar-refractivity contribution in [3.05, 3.63) is 11.9 Å². The highest BCUT2D eigenvalue weighted by molar-refractivity contribution is 5.97. The van der Waals surface area contributed by atoms with Crippen LogP contribution in [0.5, 0.6) is 0 Å². The summed E-state index contributed by atoms with van der Waals surface area (Å²) in [6.45, 7) is 9.55. The minimum atomic E-state index is -0.196. The van der Waals surface area contributed by atoms with E-state index in [9.17, 15) is 4.79 Å². The van der Waals surface area contributed by atoms with Crippen LogP contribution in [0.1, 0.15) is 44.1 Å². The molecule has 1 aromatic rings. The molecule has 0 saturated heterocycles. The molecule has 6 heteroatoms. The second-order valence-electron chi connectivity index (χ2n) is 5.15. The summed E-state index contributed by atoms with van der Waals surface area (Å²) in [6.07, 6.45) is 3.66. The maximum atomic E-state index is 12.0. The van der Waals surface area contributed by atoms with Gasteiger partial charge in [0.15, 0.2) is 5.69 Å². The molecule has 20 heavy (non-hydrogen) atoms. The number of nitrogen functional groups attached to an aromatic ring is 1. The lowest BCUT2D eigenvalue weighted by Crippen LogP contribution is -2.34. The Bertz CT molecular complexity index is 425. The van der Waals surface area contributed by atoms with Gasteiger partial charge in [-0.25, -0.2) is 0 Å². The summed E-state index contributed by atoms with van der Waals surface area (Å²) >= 11 is 0. The summed E-state index contributed by atoms with van der Waals surface area (Å²) in [5, 5.41) is 7.02. The van der Waals surface area contributed by atoms with E-state index in [0.717, 1.165) is 32.5 Å². The fourth-order valence-corrected chi connectivity index (χ4v) is 2.21. The van der Waals surface area contributed by atoms with Gasteiger partial charge in [-0.05, 0) is 39.4 Å². The summed E-state index contributed by atoms with van der Waals surface area (Å²) < 4.78 is 1.55. The van der Waals surface area contributed by atoms with Crippen molar-refractivity contribution in [2.45, 2.75) is 39.7 Å². The predicted octanol–water partition coefficient (Wildman–Crippen LogP) is 1.24. The monoisotopic (exact) mass is 281 g/mol. The standard InChI is InChI=1S/C14H27N5O/c1-5-19(6-2)9-7-8-11(3)16-14(20)13-12(15)10-18(4)17-13/h10-11H,5-9,15H2,1-4H3,(H,16,20). The van der Waals surface area contributed by atoms with Crippen LogP contribution in [0.3, 0.4) is 0 Å². The van der Waals surface area contributed by atoms with Crippen molar-refractivity contribution in [3.8, 4) is 0 Å². The van der Waals surface area contributed by atoms with E-state index < -0.39 is 0 Å². The first-order valence-electron chi connectivity index (χ1n) is 7.30. The highest BCUT2D eigenvalue weighted by atomic mass is 16.2. The van der Waals surface area contributed by atoms with Crippen molar-refractivity contribution in [1.29, 1.82) is 0 Å². The molecule has 0 spiro atoms. The van der Waals surface area contributed by atoms with Crippen LogP contribution < -0.4 is 11.1 Å². The normalized spacial score (nSPS) is 12.7. The van der Waals surface area contributed by atoms with E-state index in [2.05, 4.69) is 29.2 Å². The smallest absolute Gasteiger partial charge is 0.274 e. The first kappa shape index (κ1) is 16.5. The van der Waals surface area contributed by atoms with Gasteiger partial charge in [0.2, 0.25) is 0 Å². The van der Waals surface area contributed by atoms with E-state index in [1.165, 1.54) is 0 Å². The summed E-state index contributed by atoms with van der Waals surface area (Å²) in [4.78, 5) is 14.4. The molecule has 0 aliphatic rings. The van der Waals surface area contributed by atoms with E-state index in [0.29, 0.717) is 11.4 Å². The zero-order chi connectivity index (χ0) is 15.1. The highest BCUT2D eigenvalue weighted by Crippen LogP contribution is 2.08. The number of rotatable bonds is 8. The highest BCUT2D eigenvalue weighted by Gasteiger charge is 2.16. The quantitative estimate of drug-likeness (QED) is 0.752. The van der Waals surface area contributed by atoms with Crippen LogP contribution >= 0.6 is 0 Å². The van der Waals surface area contributed by atoms with Gasteiger partial charge in [-0.15, -0.1) is 0 Å². The molecule has 6 nitrogen and oxygen atoms in total. The molecule has 0 bridgehead atoms. The van der Waals surface area contributed by atoms with Crippen molar-refractivity contribution >= 4 is 11.6 Å². The fraction of sp³-hybridized carbons (Fsp3) is 0.714. The number of hydrogen-bond acceptors (Lipinski definition) is 4. The van der Waals surface area contributed by atoms with Crippen LogP contribution in [-0.2, 0) is 7.05 Å². The van der Waals surface area contributed by atoms with Gasteiger partial charge in [-0.1, -0.05) is 13.8 Å². The third-order valence-electron chi connectivity index (χ3n) is 3.46. The Morgan fingerprint density at radius 2 is 2.15 bits per heavy atom. The molecule has 1 atom stereocenters. The van der Waals surface area contributed by atoms with Crippen molar-refractivity contribution < 1.29 is 4.79 Å². The number of nitrogens with two attached hydrogens (primary N) is 1. The Morgan fingerprint density at radius 3 is 2.65 bits per heavy atom. The third-order valence-corrected chi connectivity index (χ3v) is 3.46. The van der Waals surface area contributed by atoms with Gasteiger partial charge >= 0.3 is 0 Å². The number of anilines is 1. The summed E-state index contributed by atoms with van der Waals surface area (Å²) in [6, 6.07) is 0.125. The fourth-order valence-electron chi connectivity index (χ4n) is 2.21. The van der Waals surface area contributed by atoms with Gasteiger partial charge in [-0.2, -0.15) is 5.10 Å². The molecule has 1 heterocycles. The third kappa shape index (κ3) is 4.85. The van der Waals surface area contributed by atoms with E-state index in [4.69, 9.17) is 5.73 Å². The first-order valence-corrected chi connectivity index (χ1v) is 7.30. The number of carbonyl (C=O) groups is 1. The number of aromatic nitrogens is 2. The molecule has 1 unspecified atom stereocenters. The summed E-state index contributed by atoms with van der Waals surface area (Å²) in [5.74, 6) is -0.196. The molecule has 0 saturated carbocycles. The van der Waals surface area contributed by atoms with Crippen LogP contribution in [0.15, 0.2) is 6.20 Å². The lowest BCUT2D eigenvalue weighted by Gasteiger charge is -2.19. The minimum absolute atomic E-state index is 0.125. The molecule has 1 amide bonds. The zero-order valence-electron chi connectivity index (χ0n) is 13.0. The topological polar surface area (TPSA) is 76.2 Å². The molecule has 114 valence electrons. The Labute approximate surface area is 121 Å². The van der Waals surface area contributed by atoms with Crippen molar-refractivity contribution in [2.24, 2.45) is 7.05 Å². The Balaban J connectivity index is 2.37. The predicted molar refractivity (Wildman–Crippen MR) is 81.6 cm³/mol. The number of carbonyl (C=O) groups excluding carboxylic acids is 1. The average molecular weight is 281 g/mol. The van der Waals surface area contributed by atoms with Crippen LogP contribution in [-0.4, -0.2) is 46.3 Å². The molecule has 0 radical (unpaired) electrons. The minimum Gasteiger partial charge on any atom is -0.396 e. The SMILES string of the molecule is CCN(CC)CCCC(C)NC(=O)c1nn(C)cc1N. The number of hydrogen-bond donors (Lipinski definition) is 2. The molecule has 0 fully saturated rings. The van der Waals surface area contributed by atoms with Gasteiger partial charge in [0.1, 0.15) is 0 Å². The molecule has 0 aliphatic carbocycles. The molecular weight excluding hydrogens is 254 g/mol. The average Bonchev–Trinajstić information content (AvgIpc) is 2.74. The van der Waals surface area contributed by atoms with Gasteiger partial charge in [0.05, 0.1) is 5.69 Å². The zero-order valence-corrected chi connectivity index (χ0v) is 13.0. The number of nitrogens with one attached hydrogen (secondary N) is 1. The Hall–Kier alpha value is -1.56. The van der Waals surface area contributed by atoms with E-state index in [1.807, 2.05) is 6.92 Å². The van der Waals surface area contributed by atoms with Gasteiger partial charge in [0.25, 0.3) is 5.91 Å². The maximum Gasteiger partial charge on any atom is 0.274 e. The molecule has 0 aliphatic heterocycles. The molecular formula is C14H27N5O. The van der Waals surface area contributed by atoms with Crippen LogP contribution in [0.4, 0.5) is 5.69 Å². The molecule has 0 aromatic carbocycles. The van der Waals surface area contributed by atoms with E-state index >= 15 is 0 Å². The van der Waals surface area contributed by atoms with Crippen molar-refractivity contribution in [2.75, 3.05) is 25.4 Å². The van der Waals surface area contributed by atoms with Crippen LogP contribution in [0.2, 0.25) is 0 Å². The lowest BCUT2D eigenvalue weighted by molar-refractivity contribution is 0.0932. The van der Waals surface area contributed by atoms with Gasteiger partial charge in [-0.3, -0.25) is 9.48 Å². The van der Waals surface area contributed by atoms with Crippen LogP contribution in [0.25, 0.3) is 0 Å². The molecule has 1 rings (SSSR count). The van der Waals surface area contributed by atoms with E-state index in [-0.39, 0.29) is 11.9 Å². The maximum absolute atomic E-state index is 12.0. The van der Waals surface area contributed by atoms with E-state index in [1.54, 1.807) is 17.9 Å². The molecule has 3 N–H and O–H groups in total. The van der Waals surface area contributed by atoms with Crippen molar-refractivity contribution in [1.82, 2.24) is 20.0 Å². The summed E-state index contributed by atoms with van der Waals surface area (Å²) in [7, 11) is 1.75. The summed E-state index contributed by atoms with van der Waals surface area (Å²) in [5.41, 5.74) is 6.47. The number of aryl methyl sites for hydroxylation is 1. The second kappa shape index (κ2) is 7.89. The number of amides is 1. The lowest BCUT2D eigenvalue weighted by atomic mass is 10.1.